The van der Waals surface area contributed by atoms with Crippen LogP contribution in [0.1, 0.15) is 30.9 Å². The zero-order valence-corrected chi connectivity index (χ0v) is 16.3. The number of nitrogens with one attached hydrogen (secondary N) is 1. The molecule has 0 aliphatic rings. The molecule has 5 nitrogen and oxygen atoms in total. The third-order valence-corrected chi connectivity index (χ3v) is 4.17. The van der Waals surface area contributed by atoms with Crippen molar-refractivity contribution < 1.29 is 19.1 Å². The molecular formula is C21H24ClNO4. The first kappa shape index (κ1) is 20.8. The first-order valence-electron chi connectivity index (χ1n) is 8.83. The molecule has 1 N–H and O–H groups in total. The van der Waals surface area contributed by atoms with Crippen LogP contribution < -0.4 is 10.1 Å². The first-order chi connectivity index (χ1) is 12.9. The van der Waals surface area contributed by atoms with Crippen molar-refractivity contribution in [3.63, 3.8) is 0 Å². The van der Waals surface area contributed by atoms with Crippen molar-refractivity contribution in [3.8, 4) is 5.75 Å². The van der Waals surface area contributed by atoms with Crippen molar-refractivity contribution in [2.24, 2.45) is 0 Å². The molecule has 0 radical (unpaired) electrons. The van der Waals surface area contributed by atoms with E-state index in [2.05, 4.69) is 19.2 Å². The van der Waals surface area contributed by atoms with Crippen molar-refractivity contribution in [1.29, 1.82) is 0 Å². The second kappa shape index (κ2) is 10.6. The summed E-state index contributed by atoms with van der Waals surface area (Å²) in [7, 11) is 0. The molecule has 0 atom stereocenters. The Morgan fingerprint density at radius 2 is 1.67 bits per heavy atom. The quantitative estimate of drug-likeness (QED) is 0.663. The third kappa shape index (κ3) is 7.71. The Morgan fingerprint density at radius 1 is 1.00 bits per heavy atom. The Kier molecular flexibility index (Phi) is 8.14. The molecule has 2 aromatic rings. The Balaban J connectivity index is 1.61. The van der Waals surface area contributed by atoms with E-state index in [0.29, 0.717) is 29.7 Å². The fraction of sp³-hybridized carbons (Fsp3) is 0.333. The summed E-state index contributed by atoms with van der Waals surface area (Å²) in [5.41, 5.74) is 2.26. The van der Waals surface area contributed by atoms with Gasteiger partial charge >= 0.3 is 5.97 Å². The summed E-state index contributed by atoms with van der Waals surface area (Å²) in [6, 6.07) is 14.9. The van der Waals surface area contributed by atoms with Crippen molar-refractivity contribution in [3.05, 3.63) is 64.7 Å². The highest BCUT2D eigenvalue weighted by Crippen LogP contribution is 2.18. The van der Waals surface area contributed by atoms with Gasteiger partial charge in [0.05, 0.1) is 0 Å². The minimum Gasteiger partial charge on any atom is -0.482 e. The van der Waals surface area contributed by atoms with E-state index in [9.17, 15) is 9.59 Å². The Bertz CT molecular complexity index is 742. The lowest BCUT2D eigenvalue weighted by Crippen LogP contribution is -2.31. The molecule has 0 unspecified atom stereocenters. The fourth-order valence-corrected chi connectivity index (χ4v) is 2.45. The number of carbonyl (C=O) groups is 2. The Hall–Kier alpha value is -2.53. The van der Waals surface area contributed by atoms with Crippen LogP contribution in [0.4, 0.5) is 0 Å². The predicted octanol–water partition coefficient (Wildman–Crippen LogP) is 3.74. The lowest BCUT2D eigenvalue weighted by Gasteiger charge is -2.09. The fourth-order valence-electron chi connectivity index (χ4n) is 2.33. The van der Waals surface area contributed by atoms with E-state index < -0.39 is 5.97 Å². The molecule has 0 bridgehead atoms. The van der Waals surface area contributed by atoms with Crippen molar-refractivity contribution >= 4 is 23.5 Å². The monoisotopic (exact) mass is 389 g/mol. The van der Waals surface area contributed by atoms with Gasteiger partial charge < -0.3 is 14.8 Å². The number of rotatable bonds is 9. The van der Waals surface area contributed by atoms with Gasteiger partial charge in [0.1, 0.15) is 5.75 Å². The molecule has 0 saturated carbocycles. The number of hydrogen-bond donors (Lipinski definition) is 1. The van der Waals surface area contributed by atoms with E-state index in [1.165, 1.54) is 5.56 Å². The number of carbonyl (C=O) groups excluding carboxylic acids is 2. The van der Waals surface area contributed by atoms with Crippen LogP contribution >= 0.6 is 11.6 Å². The lowest BCUT2D eigenvalue weighted by atomic mass is 10.0. The number of ether oxygens (including phenoxy) is 2. The van der Waals surface area contributed by atoms with Gasteiger partial charge in [0.15, 0.2) is 13.2 Å². The summed E-state index contributed by atoms with van der Waals surface area (Å²) in [6.07, 6.45) is 0.673. The molecule has 0 spiro atoms. The Labute approximate surface area is 164 Å². The summed E-state index contributed by atoms with van der Waals surface area (Å²) in [5, 5.41) is 3.38. The molecule has 0 aromatic heterocycles. The van der Waals surface area contributed by atoms with Gasteiger partial charge in [0.25, 0.3) is 5.91 Å². The standard InChI is InChI=1S/C21H24ClNO4/c1-15(2)17-5-9-19(10-6-17)26-14-21(25)27-13-20(24)23-12-11-16-3-7-18(22)8-4-16/h3-10,15H,11-14H2,1-2H3,(H,23,24). The van der Waals surface area contributed by atoms with Crippen molar-refractivity contribution in [1.82, 2.24) is 5.32 Å². The summed E-state index contributed by atoms with van der Waals surface area (Å²) in [4.78, 5) is 23.4. The van der Waals surface area contributed by atoms with E-state index in [0.717, 1.165) is 5.56 Å². The maximum Gasteiger partial charge on any atom is 0.344 e. The van der Waals surface area contributed by atoms with Crippen molar-refractivity contribution in [2.75, 3.05) is 19.8 Å². The molecule has 2 rings (SSSR count). The van der Waals surface area contributed by atoms with Gasteiger partial charge in [-0.15, -0.1) is 0 Å². The van der Waals surface area contributed by atoms with E-state index in [4.69, 9.17) is 21.1 Å². The van der Waals surface area contributed by atoms with Gasteiger partial charge in [-0.25, -0.2) is 4.79 Å². The van der Waals surface area contributed by atoms with Gasteiger partial charge in [-0.05, 0) is 47.7 Å². The molecule has 1 amide bonds. The third-order valence-electron chi connectivity index (χ3n) is 3.92. The number of benzene rings is 2. The molecule has 2 aromatic carbocycles. The minimum atomic E-state index is -0.587. The van der Waals surface area contributed by atoms with Gasteiger partial charge in [-0.3, -0.25) is 4.79 Å². The van der Waals surface area contributed by atoms with Crippen LogP contribution in [-0.2, 0) is 20.7 Å². The highest BCUT2D eigenvalue weighted by molar-refractivity contribution is 6.30. The molecule has 0 aliphatic carbocycles. The zero-order chi connectivity index (χ0) is 19.6. The topological polar surface area (TPSA) is 64.6 Å². The highest BCUT2D eigenvalue weighted by Gasteiger charge is 2.08. The molecule has 0 heterocycles. The number of halogens is 1. The van der Waals surface area contributed by atoms with Crippen molar-refractivity contribution in [2.45, 2.75) is 26.2 Å². The largest absolute Gasteiger partial charge is 0.482 e. The van der Waals surface area contributed by atoms with Crippen LogP contribution in [0.25, 0.3) is 0 Å². The van der Waals surface area contributed by atoms with Crippen LogP contribution in [0.15, 0.2) is 48.5 Å². The summed E-state index contributed by atoms with van der Waals surface area (Å²) >= 11 is 5.82. The normalized spacial score (nSPS) is 10.5. The molecule has 6 heteroatoms. The van der Waals surface area contributed by atoms with Gasteiger partial charge in [-0.2, -0.15) is 0 Å². The molecule has 0 fully saturated rings. The first-order valence-corrected chi connectivity index (χ1v) is 9.21. The minimum absolute atomic E-state index is 0.237. The molecule has 0 saturated heterocycles. The molecule has 144 valence electrons. The lowest BCUT2D eigenvalue weighted by molar-refractivity contribution is -0.150. The van der Waals surface area contributed by atoms with Gasteiger partial charge in [0, 0.05) is 11.6 Å². The van der Waals surface area contributed by atoms with E-state index in [1.54, 1.807) is 12.1 Å². The average molecular weight is 390 g/mol. The van der Waals surface area contributed by atoms with E-state index in [1.807, 2.05) is 36.4 Å². The molecular weight excluding hydrogens is 366 g/mol. The molecule has 27 heavy (non-hydrogen) atoms. The maximum absolute atomic E-state index is 11.7. The summed E-state index contributed by atoms with van der Waals surface area (Å²) in [6.45, 7) is 4.10. The number of esters is 1. The smallest absolute Gasteiger partial charge is 0.344 e. The number of hydrogen-bond acceptors (Lipinski definition) is 4. The summed E-state index contributed by atoms with van der Waals surface area (Å²) < 4.78 is 10.3. The van der Waals surface area contributed by atoms with Crippen LogP contribution in [0, 0.1) is 0 Å². The SMILES string of the molecule is CC(C)c1ccc(OCC(=O)OCC(=O)NCCc2ccc(Cl)cc2)cc1. The van der Waals surface area contributed by atoms with Crippen LogP contribution in [0.5, 0.6) is 5.75 Å². The van der Waals surface area contributed by atoms with Gasteiger partial charge in [-0.1, -0.05) is 49.7 Å². The summed E-state index contributed by atoms with van der Waals surface area (Å²) in [5.74, 6) is 0.0837. The average Bonchev–Trinajstić information content (AvgIpc) is 2.66. The van der Waals surface area contributed by atoms with E-state index >= 15 is 0 Å². The van der Waals surface area contributed by atoms with Crippen LogP contribution in [0.3, 0.4) is 0 Å². The molecule has 0 aliphatic heterocycles. The second-order valence-corrected chi connectivity index (χ2v) is 6.84. The van der Waals surface area contributed by atoms with Crippen LogP contribution in [0.2, 0.25) is 5.02 Å². The van der Waals surface area contributed by atoms with Gasteiger partial charge in [0.2, 0.25) is 0 Å². The number of amides is 1. The Morgan fingerprint density at radius 3 is 2.30 bits per heavy atom. The highest BCUT2D eigenvalue weighted by atomic mass is 35.5. The maximum atomic E-state index is 11.7. The van der Waals surface area contributed by atoms with E-state index in [-0.39, 0.29) is 19.1 Å². The predicted molar refractivity (Wildman–Crippen MR) is 105 cm³/mol. The zero-order valence-electron chi connectivity index (χ0n) is 15.5. The van der Waals surface area contributed by atoms with Crippen LogP contribution in [-0.4, -0.2) is 31.6 Å². The second-order valence-electron chi connectivity index (χ2n) is 6.40.